The fourth-order valence-electron chi connectivity index (χ4n) is 1.19. The lowest BCUT2D eigenvalue weighted by molar-refractivity contribution is -0.147. The minimum atomic E-state index is -1.29. The van der Waals surface area contributed by atoms with Crippen LogP contribution in [0, 0.1) is 6.92 Å². The van der Waals surface area contributed by atoms with Crippen molar-refractivity contribution in [1.29, 1.82) is 0 Å². The van der Waals surface area contributed by atoms with Crippen molar-refractivity contribution >= 4 is 11.9 Å². The number of aliphatic carboxylic acids is 1. The van der Waals surface area contributed by atoms with Crippen LogP contribution in [-0.2, 0) is 9.59 Å². The minimum Gasteiger partial charge on any atom is -0.480 e. The fraction of sp³-hybridized carbons (Fsp3) is 0.545. The number of nitrogens with zero attached hydrogens (tertiary/aromatic N) is 1. The molecule has 7 nitrogen and oxygen atoms in total. The Kier molecular flexibility index (Phi) is 4.30. The monoisotopic (exact) mass is 256 g/mol. The van der Waals surface area contributed by atoms with E-state index in [1.165, 1.54) is 13.0 Å². The van der Waals surface area contributed by atoms with Gasteiger partial charge in [0, 0.05) is 6.07 Å². The molecule has 0 spiro atoms. The van der Waals surface area contributed by atoms with Crippen LogP contribution in [0.4, 0.5) is 0 Å². The smallest absolute Gasteiger partial charge is 0.329 e. The number of amides is 1. The second-order valence-corrected chi connectivity index (χ2v) is 4.10. The van der Waals surface area contributed by atoms with Gasteiger partial charge in [-0.1, -0.05) is 6.92 Å². The average molecular weight is 256 g/mol. The topological polar surface area (TPSA) is 102 Å². The molecule has 1 amide bonds. The molecule has 0 aliphatic heterocycles. The molecule has 0 saturated carbocycles. The quantitative estimate of drug-likeness (QED) is 0.778. The van der Waals surface area contributed by atoms with Gasteiger partial charge in [0.2, 0.25) is 0 Å². The van der Waals surface area contributed by atoms with E-state index in [1.54, 1.807) is 13.8 Å². The maximum absolute atomic E-state index is 11.5. The maximum Gasteiger partial charge on any atom is 0.329 e. The molecule has 1 heterocycles. The number of ether oxygens (including phenoxy) is 1. The molecule has 0 saturated heterocycles. The zero-order valence-corrected chi connectivity index (χ0v) is 10.5. The molecule has 1 atom stereocenters. The third-order valence-electron chi connectivity index (χ3n) is 2.55. The molecular weight excluding hydrogens is 240 g/mol. The number of carboxylic acids is 1. The Labute approximate surface area is 104 Å². The SMILES string of the molecule is CCC(C)(NC(=O)COc1cc(C)on1)C(=O)O. The second kappa shape index (κ2) is 5.52. The molecule has 1 aromatic rings. The lowest BCUT2D eigenvalue weighted by atomic mass is 9.99. The van der Waals surface area contributed by atoms with Crippen molar-refractivity contribution in [3.8, 4) is 5.88 Å². The first kappa shape index (κ1) is 14.0. The van der Waals surface area contributed by atoms with Gasteiger partial charge in [-0.25, -0.2) is 4.79 Å². The summed E-state index contributed by atoms with van der Waals surface area (Å²) in [4.78, 5) is 22.5. The van der Waals surface area contributed by atoms with Crippen molar-refractivity contribution in [2.24, 2.45) is 0 Å². The highest BCUT2D eigenvalue weighted by Crippen LogP contribution is 2.11. The summed E-state index contributed by atoms with van der Waals surface area (Å²) >= 11 is 0. The molecule has 0 aliphatic rings. The molecule has 1 unspecified atom stereocenters. The van der Waals surface area contributed by atoms with Gasteiger partial charge in [-0.3, -0.25) is 4.79 Å². The Morgan fingerprint density at radius 3 is 2.72 bits per heavy atom. The number of aromatic nitrogens is 1. The Hall–Kier alpha value is -2.05. The molecule has 0 bridgehead atoms. The van der Waals surface area contributed by atoms with Crippen molar-refractivity contribution < 1.29 is 24.0 Å². The number of hydrogen-bond donors (Lipinski definition) is 2. The Morgan fingerprint density at radius 1 is 1.61 bits per heavy atom. The summed E-state index contributed by atoms with van der Waals surface area (Å²) in [6.07, 6.45) is 0.275. The van der Waals surface area contributed by atoms with Gasteiger partial charge in [0.15, 0.2) is 6.61 Å². The van der Waals surface area contributed by atoms with Gasteiger partial charge in [0.05, 0.1) is 0 Å². The Balaban J connectivity index is 2.49. The number of hydrogen-bond acceptors (Lipinski definition) is 5. The summed E-state index contributed by atoms with van der Waals surface area (Å²) in [6.45, 7) is 4.50. The van der Waals surface area contributed by atoms with Crippen molar-refractivity contribution in [3.63, 3.8) is 0 Å². The number of carboxylic acid groups (broad SMARTS) is 1. The third kappa shape index (κ3) is 3.47. The lowest BCUT2D eigenvalue weighted by Gasteiger charge is -2.24. The number of rotatable bonds is 6. The molecule has 0 aromatic carbocycles. The third-order valence-corrected chi connectivity index (χ3v) is 2.55. The highest BCUT2D eigenvalue weighted by atomic mass is 16.5. The van der Waals surface area contributed by atoms with Crippen LogP contribution in [0.5, 0.6) is 5.88 Å². The summed E-state index contributed by atoms with van der Waals surface area (Å²) in [6, 6.07) is 1.53. The van der Waals surface area contributed by atoms with Crippen LogP contribution >= 0.6 is 0 Å². The van der Waals surface area contributed by atoms with E-state index in [9.17, 15) is 9.59 Å². The van der Waals surface area contributed by atoms with Crippen LogP contribution in [0.1, 0.15) is 26.0 Å². The van der Waals surface area contributed by atoms with Crippen LogP contribution in [0.25, 0.3) is 0 Å². The first-order valence-corrected chi connectivity index (χ1v) is 5.48. The zero-order chi connectivity index (χ0) is 13.8. The van der Waals surface area contributed by atoms with E-state index in [2.05, 4.69) is 10.5 Å². The van der Waals surface area contributed by atoms with E-state index in [0.29, 0.717) is 5.76 Å². The molecular formula is C11H16N2O5. The van der Waals surface area contributed by atoms with Crippen LogP contribution in [0.2, 0.25) is 0 Å². The number of aryl methyl sites for hydroxylation is 1. The predicted octanol–water partition coefficient (Wildman–Crippen LogP) is 0.731. The van der Waals surface area contributed by atoms with Crippen LogP contribution in [-0.4, -0.2) is 34.3 Å². The first-order valence-electron chi connectivity index (χ1n) is 5.48. The van der Waals surface area contributed by atoms with Crippen molar-refractivity contribution in [3.05, 3.63) is 11.8 Å². The normalized spacial score (nSPS) is 13.7. The molecule has 1 aromatic heterocycles. The molecule has 100 valence electrons. The number of carbonyl (C=O) groups is 2. The zero-order valence-electron chi connectivity index (χ0n) is 10.5. The maximum atomic E-state index is 11.5. The van der Waals surface area contributed by atoms with Gasteiger partial charge in [0.25, 0.3) is 11.8 Å². The standard InChI is InChI=1S/C11H16N2O5/c1-4-11(3,10(15)16)12-8(14)6-17-9-5-7(2)18-13-9/h5H,4,6H2,1-3H3,(H,12,14)(H,15,16). The van der Waals surface area contributed by atoms with Crippen molar-refractivity contribution in [2.75, 3.05) is 6.61 Å². The van der Waals surface area contributed by atoms with Gasteiger partial charge in [-0.15, -0.1) is 0 Å². The first-order chi connectivity index (χ1) is 8.37. The van der Waals surface area contributed by atoms with E-state index in [0.717, 1.165) is 0 Å². The van der Waals surface area contributed by atoms with E-state index in [4.69, 9.17) is 14.4 Å². The van der Waals surface area contributed by atoms with Crippen LogP contribution < -0.4 is 10.1 Å². The van der Waals surface area contributed by atoms with Crippen molar-refractivity contribution in [1.82, 2.24) is 10.5 Å². The summed E-state index contributed by atoms with van der Waals surface area (Å²) < 4.78 is 9.81. The molecule has 7 heteroatoms. The minimum absolute atomic E-state index is 0.191. The molecule has 18 heavy (non-hydrogen) atoms. The van der Waals surface area contributed by atoms with Crippen molar-refractivity contribution in [2.45, 2.75) is 32.7 Å². The molecule has 0 aliphatic carbocycles. The summed E-state index contributed by atoms with van der Waals surface area (Å²) in [5.74, 6) is -0.858. The number of nitrogens with one attached hydrogen (secondary N) is 1. The highest BCUT2D eigenvalue weighted by molar-refractivity contribution is 5.87. The molecule has 1 rings (SSSR count). The lowest BCUT2D eigenvalue weighted by Crippen LogP contribution is -2.53. The molecule has 0 fully saturated rings. The van der Waals surface area contributed by atoms with Gasteiger partial charge in [-0.2, -0.15) is 0 Å². The van der Waals surface area contributed by atoms with E-state index in [-0.39, 0.29) is 18.9 Å². The largest absolute Gasteiger partial charge is 0.480 e. The second-order valence-electron chi connectivity index (χ2n) is 4.10. The van der Waals surface area contributed by atoms with Gasteiger partial charge in [-0.05, 0) is 25.4 Å². The predicted molar refractivity (Wildman–Crippen MR) is 61.2 cm³/mol. The number of carbonyl (C=O) groups excluding carboxylic acids is 1. The summed E-state index contributed by atoms with van der Waals surface area (Å²) in [7, 11) is 0. The average Bonchev–Trinajstić information content (AvgIpc) is 2.72. The van der Waals surface area contributed by atoms with E-state index < -0.39 is 17.4 Å². The van der Waals surface area contributed by atoms with E-state index >= 15 is 0 Å². The highest BCUT2D eigenvalue weighted by Gasteiger charge is 2.32. The van der Waals surface area contributed by atoms with Crippen LogP contribution in [0.15, 0.2) is 10.6 Å². The van der Waals surface area contributed by atoms with Crippen LogP contribution in [0.3, 0.4) is 0 Å². The summed E-state index contributed by atoms with van der Waals surface area (Å²) in [5.41, 5.74) is -1.29. The summed E-state index contributed by atoms with van der Waals surface area (Å²) in [5, 5.41) is 14.9. The van der Waals surface area contributed by atoms with Gasteiger partial charge in [0.1, 0.15) is 11.3 Å². The van der Waals surface area contributed by atoms with Gasteiger partial charge < -0.3 is 19.7 Å². The Morgan fingerprint density at radius 2 is 2.28 bits per heavy atom. The fourth-order valence-corrected chi connectivity index (χ4v) is 1.19. The molecule has 0 radical (unpaired) electrons. The van der Waals surface area contributed by atoms with E-state index in [1.807, 2.05) is 0 Å². The van der Waals surface area contributed by atoms with Gasteiger partial charge >= 0.3 is 5.97 Å². The Bertz CT molecular complexity index is 442. The molecule has 2 N–H and O–H groups in total.